The lowest BCUT2D eigenvalue weighted by molar-refractivity contribution is -0.157. The maximum absolute atomic E-state index is 12.1. The number of carbonyl (C=O) groups is 3. The van der Waals surface area contributed by atoms with Crippen molar-refractivity contribution < 1.29 is 19.5 Å². The second-order valence-corrected chi connectivity index (χ2v) is 5.83. The van der Waals surface area contributed by atoms with Crippen LogP contribution in [0.4, 0.5) is 0 Å². The number of nitrogens with two attached hydrogens (primary N) is 1. The van der Waals surface area contributed by atoms with Gasteiger partial charge in [-0.3, -0.25) is 14.4 Å². The Kier molecular flexibility index (Phi) is 4.80. The maximum Gasteiger partial charge on any atom is 0.310 e. The molecule has 4 N–H and O–H groups in total. The zero-order valence-electron chi connectivity index (χ0n) is 12.2. The van der Waals surface area contributed by atoms with Crippen LogP contribution in [0.1, 0.15) is 31.2 Å². The normalized spacial score (nSPS) is 17.1. The fourth-order valence-electron chi connectivity index (χ4n) is 2.70. The highest BCUT2D eigenvalue weighted by Gasteiger charge is 2.46. The fraction of sp³-hybridized carbons (Fsp3) is 0.438. The first kappa shape index (κ1) is 16.0. The van der Waals surface area contributed by atoms with Crippen molar-refractivity contribution in [3.05, 3.63) is 35.9 Å². The van der Waals surface area contributed by atoms with Gasteiger partial charge in [0.25, 0.3) is 0 Å². The highest BCUT2D eigenvalue weighted by molar-refractivity contribution is 5.90. The second kappa shape index (κ2) is 6.60. The average Bonchev–Trinajstić information content (AvgIpc) is 2.42. The van der Waals surface area contributed by atoms with Crippen LogP contribution in [0, 0.1) is 5.41 Å². The molecule has 2 amide bonds. The number of aliphatic carboxylic acids is 1. The first-order valence-electron chi connectivity index (χ1n) is 7.29. The van der Waals surface area contributed by atoms with Crippen LogP contribution < -0.4 is 11.1 Å². The minimum atomic E-state index is -0.973. The van der Waals surface area contributed by atoms with Crippen molar-refractivity contribution in [2.45, 2.75) is 38.1 Å². The highest BCUT2D eigenvalue weighted by Crippen LogP contribution is 2.44. The van der Waals surface area contributed by atoms with Crippen molar-refractivity contribution in [2.24, 2.45) is 11.1 Å². The molecule has 1 aliphatic rings. The van der Waals surface area contributed by atoms with Crippen LogP contribution in [0.3, 0.4) is 0 Å². The van der Waals surface area contributed by atoms with Gasteiger partial charge >= 0.3 is 5.97 Å². The molecule has 0 saturated heterocycles. The predicted molar refractivity (Wildman–Crippen MR) is 79.8 cm³/mol. The summed E-state index contributed by atoms with van der Waals surface area (Å²) < 4.78 is 0. The lowest BCUT2D eigenvalue weighted by atomic mass is 9.66. The summed E-state index contributed by atoms with van der Waals surface area (Å²) in [5.74, 6) is -2.02. The van der Waals surface area contributed by atoms with Gasteiger partial charge in [-0.2, -0.15) is 0 Å². The summed E-state index contributed by atoms with van der Waals surface area (Å²) in [5.41, 5.74) is 5.24. The van der Waals surface area contributed by atoms with Crippen LogP contribution >= 0.6 is 0 Å². The number of hydrogen-bond acceptors (Lipinski definition) is 3. The average molecular weight is 304 g/mol. The summed E-state index contributed by atoms with van der Waals surface area (Å²) >= 11 is 0. The van der Waals surface area contributed by atoms with Crippen LogP contribution in [0.2, 0.25) is 0 Å². The van der Waals surface area contributed by atoms with E-state index in [-0.39, 0.29) is 6.42 Å². The molecule has 1 atom stereocenters. The number of hydrogen-bond donors (Lipinski definition) is 3. The van der Waals surface area contributed by atoms with Gasteiger partial charge in [0.05, 0.1) is 5.41 Å². The number of benzene rings is 1. The standard InChI is InChI=1S/C16H20N2O4/c17-14(20)12(9-11-5-2-1-3-6-11)18-13(19)10-16(15(21)22)7-4-8-16/h1-3,5-6,12H,4,7-10H2,(H2,17,20)(H,18,19)(H,21,22). The van der Waals surface area contributed by atoms with Crippen molar-refractivity contribution >= 4 is 17.8 Å². The monoisotopic (exact) mass is 304 g/mol. The Bertz CT molecular complexity index is 567. The van der Waals surface area contributed by atoms with Crippen LogP contribution in [-0.2, 0) is 20.8 Å². The van der Waals surface area contributed by atoms with Crippen molar-refractivity contribution in [3.8, 4) is 0 Å². The van der Waals surface area contributed by atoms with E-state index in [0.29, 0.717) is 19.3 Å². The smallest absolute Gasteiger partial charge is 0.310 e. The largest absolute Gasteiger partial charge is 0.481 e. The SMILES string of the molecule is NC(=O)C(Cc1ccccc1)NC(=O)CC1(C(=O)O)CCC1. The number of nitrogens with one attached hydrogen (secondary N) is 1. The number of amides is 2. The third-order valence-electron chi connectivity index (χ3n) is 4.22. The number of carbonyl (C=O) groups excluding carboxylic acids is 2. The van der Waals surface area contributed by atoms with E-state index in [1.54, 1.807) is 0 Å². The summed E-state index contributed by atoms with van der Waals surface area (Å²) in [7, 11) is 0. The van der Waals surface area contributed by atoms with Gasteiger partial charge in [-0.05, 0) is 18.4 Å². The Morgan fingerprint density at radius 3 is 2.32 bits per heavy atom. The Morgan fingerprint density at radius 1 is 1.23 bits per heavy atom. The molecule has 0 heterocycles. The molecule has 0 aromatic heterocycles. The first-order chi connectivity index (χ1) is 10.4. The molecule has 0 radical (unpaired) electrons. The Labute approximate surface area is 128 Å². The Balaban J connectivity index is 1.97. The highest BCUT2D eigenvalue weighted by atomic mass is 16.4. The van der Waals surface area contributed by atoms with Gasteiger partial charge in [-0.25, -0.2) is 0 Å². The molecule has 6 nitrogen and oxygen atoms in total. The predicted octanol–water partition coefficient (Wildman–Crippen LogP) is 0.844. The first-order valence-corrected chi connectivity index (χ1v) is 7.29. The maximum atomic E-state index is 12.1. The van der Waals surface area contributed by atoms with E-state index in [2.05, 4.69) is 5.32 Å². The lowest BCUT2D eigenvalue weighted by Crippen LogP contribution is -2.49. The van der Waals surface area contributed by atoms with E-state index in [9.17, 15) is 19.5 Å². The van der Waals surface area contributed by atoms with E-state index in [4.69, 9.17) is 5.73 Å². The molecule has 0 spiro atoms. The zero-order valence-corrected chi connectivity index (χ0v) is 12.2. The summed E-state index contributed by atoms with van der Waals surface area (Å²) in [6.07, 6.45) is 1.98. The van der Waals surface area contributed by atoms with Gasteiger partial charge in [-0.15, -0.1) is 0 Å². The summed E-state index contributed by atoms with van der Waals surface area (Å²) in [6, 6.07) is 8.38. The molecule has 6 heteroatoms. The van der Waals surface area contributed by atoms with E-state index in [1.165, 1.54) is 0 Å². The number of carboxylic acids is 1. The fourth-order valence-corrected chi connectivity index (χ4v) is 2.70. The van der Waals surface area contributed by atoms with Gasteiger partial charge in [-0.1, -0.05) is 36.8 Å². The number of carboxylic acid groups (broad SMARTS) is 1. The Morgan fingerprint density at radius 2 is 1.86 bits per heavy atom. The van der Waals surface area contributed by atoms with Crippen LogP contribution in [-0.4, -0.2) is 28.9 Å². The lowest BCUT2D eigenvalue weighted by Gasteiger charge is -2.37. The van der Waals surface area contributed by atoms with Crippen molar-refractivity contribution in [1.29, 1.82) is 0 Å². The van der Waals surface area contributed by atoms with E-state index >= 15 is 0 Å². The number of rotatable bonds is 7. The molecular formula is C16H20N2O4. The minimum Gasteiger partial charge on any atom is -0.481 e. The molecule has 1 aromatic carbocycles. The van der Waals surface area contributed by atoms with Gasteiger partial charge in [0.2, 0.25) is 11.8 Å². The van der Waals surface area contributed by atoms with E-state index in [1.807, 2.05) is 30.3 Å². The molecular weight excluding hydrogens is 284 g/mol. The summed E-state index contributed by atoms with van der Waals surface area (Å²) in [4.78, 5) is 34.9. The van der Waals surface area contributed by atoms with Gasteiger partial charge in [0.1, 0.15) is 6.04 Å². The van der Waals surface area contributed by atoms with Gasteiger partial charge in [0.15, 0.2) is 0 Å². The Hall–Kier alpha value is -2.37. The molecule has 2 rings (SSSR count). The quantitative estimate of drug-likeness (QED) is 0.693. The van der Waals surface area contributed by atoms with Gasteiger partial charge < -0.3 is 16.2 Å². The van der Waals surface area contributed by atoms with E-state index in [0.717, 1.165) is 12.0 Å². The molecule has 1 saturated carbocycles. The van der Waals surface area contributed by atoms with Crippen LogP contribution in [0.15, 0.2) is 30.3 Å². The molecule has 1 aromatic rings. The summed E-state index contributed by atoms with van der Waals surface area (Å²) in [6.45, 7) is 0. The van der Waals surface area contributed by atoms with Crippen LogP contribution in [0.25, 0.3) is 0 Å². The van der Waals surface area contributed by atoms with Crippen molar-refractivity contribution in [1.82, 2.24) is 5.32 Å². The third-order valence-corrected chi connectivity index (χ3v) is 4.22. The minimum absolute atomic E-state index is 0.110. The molecule has 1 unspecified atom stereocenters. The molecule has 1 fully saturated rings. The summed E-state index contributed by atoms with van der Waals surface area (Å²) in [5, 5.41) is 11.8. The number of primary amides is 1. The zero-order chi connectivity index (χ0) is 16.2. The molecule has 1 aliphatic carbocycles. The third kappa shape index (κ3) is 3.63. The molecule has 22 heavy (non-hydrogen) atoms. The van der Waals surface area contributed by atoms with Crippen molar-refractivity contribution in [2.75, 3.05) is 0 Å². The van der Waals surface area contributed by atoms with Gasteiger partial charge in [0, 0.05) is 12.8 Å². The molecule has 0 aliphatic heterocycles. The molecule has 118 valence electrons. The molecule has 0 bridgehead atoms. The van der Waals surface area contributed by atoms with Crippen LogP contribution in [0.5, 0.6) is 0 Å². The topological polar surface area (TPSA) is 109 Å². The van der Waals surface area contributed by atoms with E-state index < -0.39 is 29.2 Å². The van der Waals surface area contributed by atoms with Crippen molar-refractivity contribution in [3.63, 3.8) is 0 Å². The second-order valence-electron chi connectivity index (χ2n) is 5.83.